The fourth-order valence-electron chi connectivity index (χ4n) is 6.92. The van der Waals surface area contributed by atoms with Gasteiger partial charge < -0.3 is 14.7 Å². The van der Waals surface area contributed by atoms with Crippen molar-refractivity contribution in [3.05, 3.63) is 44.8 Å². The third-order valence-electron chi connectivity index (χ3n) is 8.46. The Kier molecular flexibility index (Phi) is 5.81. The number of halogens is 3. The molecule has 2 fully saturated rings. The Balaban J connectivity index is 1.32. The van der Waals surface area contributed by atoms with Gasteiger partial charge in [-0.1, -0.05) is 11.6 Å². The lowest BCUT2D eigenvalue weighted by atomic mass is 9.68. The summed E-state index contributed by atoms with van der Waals surface area (Å²) in [6, 6.07) is 3.18. The van der Waals surface area contributed by atoms with Crippen LogP contribution in [0.25, 0.3) is 0 Å². The van der Waals surface area contributed by atoms with E-state index in [0.29, 0.717) is 55.3 Å². The van der Waals surface area contributed by atoms with Gasteiger partial charge in [0, 0.05) is 29.1 Å². The lowest BCUT2D eigenvalue weighted by molar-refractivity contribution is 0.0122. The van der Waals surface area contributed by atoms with Gasteiger partial charge in [0.2, 0.25) is 5.28 Å². The number of amides is 1. The molecule has 2 bridgehead atoms. The topological polar surface area (TPSA) is 78.8 Å². The van der Waals surface area contributed by atoms with E-state index in [2.05, 4.69) is 14.9 Å². The largest absolute Gasteiger partial charge is 0.508 e. The van der Waals surface area contributed by atoms with Gasteiger partial charge in [-0.3, -0.25) is 4.90 Å². The third-order valence-corrected chi connectivity index (χ3v) is 8.97. The van der Waals surface area contributed by atoms with Crippen molar-refractivity contribution in [1.29, 1.82) is 0 Å². The van der Waals surface area contributed by atoms with Gasteiger partial charge in [0.05, 0.1) is 17.8 Å². The van der Waals surface area contributed by atoms with E-state index in [9.17, 15) is 9.90 Å². The van der Waals surface area contributed by atoms with Crippen LogP contribution in [0, 0.1) is 0 Å². The van der Waals surface area contributed by atoms with Crippen LogP contribution in [-0.4, -0.2) is 56.8 Å². The highest BCUT2D eigenvalue weighted by atomic mass is 35.5. The summed E-state index contributed by atoms with van der Waals surface area (Å²) >= 11 is 12.8. The predicted octanol–water partition coefficient (Wildman–Crippen LogP) is 5.92. The standard InChI is InChI=1S/C27H31Cl2FN4O3/c1-26(2,3)37-25(36)34-14-4-5-15(34)13-33(12-14)23-18-7-9-27(22(30)21(18)31-24(29)32-23)8-6-17-19(27)10-16(35)11-20(17)28/h10-11,14-15,22,35H,4-9,12-13H2,1-3H3. The number of hydrogen-bond acceptors (Lipinski definition) is 6. The Morgan fingerprint density at radius 2 is 1.76 bits per heavy atom. The molecule has 4 aliphatic rings. The van der Waals surface area contributed by atoms with Gasteiger partial charge in [-0.2, -0.15) is 0 Å². The molecule has 4 unspecified atom stereocenters. The number of rotatable bonds is 1. The molecular formula is C27H31Cl2FN4O3. The first-order valence-electron chi connectivity index (χ1n) is 13.0. The third kappa shape index (κ3) is 4.02. The monoisotopic (exact) mass is 548 g/mol. The van der Waals surface area contributed by atoms with Crippen LogP contribution in [0.3, 0.4) is 0 Å². The van der Waals surface area contributed by atoms with Gasteiger partial charge in [-0.15, -0.1) is 0 Å². The summed E-state index contributed by atoms with van der Waals surface area (Å²) < 4.78 is 22.2. The highest BCUT2D eigenvalue weighted by Gasteiger charge is 2.52. The van der Waals surface area contributed by atoms with E-state index in [-0.39, 0.29) is 29.2 Å². The van der Waals surface area contributed by atoms with Gasteiger partial charge >= 0.3 is 6.09 Å². The summed E-state index contributed by atoms with van der Waals surface area (Å²) in [6.07, 6.45) is 2.51. The Morgan fingerprint density at radius 3 is 2.41 bits per heavy atom. The summed E-state index contributed by atoms with van der Waals surface area (Å²) in [5.74, 6) is 0.711. The molecule has 6 rings (SSSR count). The molecule has 3 heterocycles. The molecule has 0 saturated carbocycles. The van der Waals surface area contributed by atoms with E-state index in [4.69, 9.17) is 27.9 Å². The zero-order valence-electron chi connectivity index (χ0n) is 21.2. The highest BCUT2D eigenvalue weighted by Crippen LogP contribution is 2.57. The van der Waals surface area contributed by atoms with Gasteiger partial charge in [-0.25, -0.2) is 19.2 Å². The number of piperazine rings is 1. The number of carbonyl (C=O) groups excluding carboxylic acids is 1. The highest BCUT2D eigenvalue weighted by molar-refractivity contribution is 6.31. The lowest BCUT2D eigenvalue weighted by Crippen LogP contribution is -2.57. The zero-order valence-corrected chi connectivity index (χ0v) is 22.7. The molecule has 2 aliphatic heterocycles. The first-order valence-corrected chi connectivity index (χ1v) is 13.7. The molecule has 37 heavy (non-hydrogen) atoms. The number of benzene rings is 1. The van der Waals surface area contributed by atoms with Crippen molar-refractivity contribution >= 4 is 35.1 Å². The molecule has 1 amide bonds. The summed E-state index contributed by atoms with van der Waals surface area (Å²) in [5, 5.41) is 10.7. The average Bonchev–Trinajstić information content (AvgIpc) is 3.30. The number of carbonyl (C=O) groups is 1. The van der Waals surface area contributed by atoms with E-state index in [1.165, 1.54) is 6.07 Å². The van der Waals surface area contributed by atoms with E-state index in [1.807, 2.05) is 25.7 Å². The van der Waals surface area contributed by atoms with Crippen molar-refractivity contribution in [3.63, 3.8) is 0 Å². The first-order chi connectivity index (χ1) is 17.5. The van der Waals surface area contributed by atoms with Gasteiger partial charge in [0.1, 0.15) is 17.2 Å². The molecule has 2 aliphatic carbocycles. The second-order valence-electron chi connectivity index (χ2n) is 11.8. The Bertz CT molecular complexity index is 1270. The number of aromatic nitrogens is 2. The van der Waals surface area contributed by atoms with Crippen molar-refractivity contribution < 1.29 is 19.0 Å². The fraction of sp³-hybridized carbons (Fsp3) is 0.593. The maximum absolute atomic E-state index is 16.5. The molecule has 1 spiro atoms. The maximum Gasteiger partial charge on any atom is 0.410 e. The van der Waals surface area contributed by atoms with Crippen LogP contribution in [0.1, 0.15) is 75.0 Å². The number of anilines is 1. The minimum absolute atomic E-state index is 0.000855. The molecule has 1 N–H and O–H groups in total. The average molecular weight is 549 g/mol. The van der Waals surface area contributed by atoms with Crippen LogP contribution in [0.5, 0.6) is 5.75 Å². The minimum Gasteiger partial charge on any atom is -0.508 e. The summed E-state index contributed by atoms with van der Waals surface area (Å²) in [5.41, 5.74) is 1.44. The molecule has 1 aromatic heterocycles. The normalized spacial score (nSPS) is 28.4. The summed E-state index contributed by atoms with van der Waals surface area (Å²) in [4.78, 5) is 25.9. The molecular weight excluding hydrogens is 518 g/mol. The molecule has 10 heteroatoms. The number of ether oxygens (including phenoxy) is 1. The first kappa shape index (κ1) is 25.0. The smallest absolute Gasteiger partial charge is 0.410 e. The van der Waals surface area contributed by atoms with Crippen molar-refractivity contribution in [3.8, 4) is 5.75 Å². The second kappa shape index (κ2) is 8.60. The van der Waals surface area contributed by atoms with Gasteiger partial charge in [-0.05, 0) is 94.2 Å². The van der Waals surface area contributed by atoms with Crippen LogP contribution in [0.15, 0.2) is 12.1 Å². The minimum atomic E-state index is -1.39. The van der Waals surface area contributed by atoms with Crippen LogP contribution in [-0.2, 0) is 23.0 Å². The van der Waals surface area contributed by atoms with Crippen molar-refractivity contribution in [1.82, 2.24) is 14.9 Å². The summed E-state index contributed by atoms with van der Waals surface area (Å²) in [6.45, 7) is 6.79. The summed E-state index contributed by atoms with van der Waals surface area (Å²) in [7, 11) is 0. The molecule has 198 valence electrons. The maximum atomic E-state index is 16.5. The Morgan fingerprint density at radius 1 is 1.11 bits per heavy atom. The molecule has 2 saturated heterocycles. The van der Waals surface area contributed by atoms with E-state index in [0.717, 1.165) is 29.5 Å². The van der Waals surface area contributed by atoms with Crippen molar-refractivity contribution in [2.75, 3.05) is 18.0 Å². The van der Waals surface area contributed by atoms with Crippen LogP contribution in [0.4, 0.5) is 15.0 Å². The molecule has 2 aromatic rings. The molecule has 7 nitrogen and oxygen atoms in total. The lowest BCUT2D eigenvalue weighted by Gasteiger charge is -2.44. The molecule has 4 atom stereocenters. The van der Waals surface area contributed by atoms with Crippen molar-refractivity contribution in [2.24, 2.45) is 0 Å². The zero-order chi connectivity index (χ0) is 26.3. The second-order valence-corrected chi connectivity index (χ2v) is 12.6. The Hall–Kier alpha value is -2.32. The SMILES string of the molecule is CC(C)(C)OC(=O)N1C2CCC1CN(c1nc(Cl)nc3c1CCC1(CCc4c(Cl)cc(O)cc41)C3F)C2. The van der Waals surface area contributed by atoms with Crippen LogP contribution < -0.4 is 4.90 Å². The number of phenols is 1. The van der Waals surface area contributed by atoms with Crippen molar-refractivity contribution in [2.45, 2.75) is 88.6 Å². The molecule has 1 aromatic carbocycles. The number of phenolic OH excluding ortho intramolecular Hbond substituents is 1. The number of fused-ring (bicyclic) bond motifs is 5. The predicted molar refractivity (Wildman–Crippen MR) is 139 cm³/mol. The van der Waals surface area contributed by atoms with Crippen LogP contribution in [0.2, 0.25) is 10.3 Å². The van der Waals surface area contributed by atoms with E-state index >= 15 is 4.39 Å². The van der Waals surface area contributed by atoms with Crippen LogP contribution >= 0.6 is 23.2 Å². The quantitative estimate of drug-likeness (QED) is 0.445. The Labute approximate surface area is 225 Å². The number of aromatic hydroxyl groups is 1. The fourth-order valence-corrected chi connectivity index (χ4v) is 7.40. The van der Waals surface area contributed by atoms with E-state index in [1.54, 1.807) is 6.07 Å². The number of hydrogen-bond donors (Lipinski definition) is 1. The number of nitrogens with zero attached hydrogens (tertiary/aromatic N) is 4. The van der Waals surface area contributed by atoms with E-state index < -0.39 is 17.2 Å². The molecule has 0 radical (unpaired) electrons. The number of alkyl halides is 1. The van der Waals surface area contributed by atoms with Gasteiger partial charge in [0.15, 0.2) is 6.17 Å². The van der Waals surface area contributed by atoms with Gasteiger partial charge in [0.25, 0.3) is 0 Å².